The Morgan fingerprint density at radius 2 is 1.49 bits per heavy atom. The summed E-state index contributed by atoms with van der Waals surface area (Å²) in [6.07, 6.45) is 0.0981. The SMILES string of the molecule is CCCCCCCC(=O)OC1/C(C)=C\C2OC(=O)[C@]3(C)OC23C(OC(C)=O)C2[C@](C)(O)C(O)C=C[C@]2(C)C(OC(C)=O)C1OC(C)=O. The van der Waals surface area contributed by atoms with Crippen LogP contribution in [0.1, 0.15) is 93.9 Å². The minimum absolute atomic E-state index is 0.0667. The Morgan fingerprint density at radius 3 is 2.06 bits per heavy atom. The van der Waals surface area contributed by atoms with Crippen molar-refractivity contribution in [1.82, 2.24) is 0 Å². The van der Waals surface area contributed by atoms with Crippen LogP contribution in [-0.4, -0.2) is 93.5 Å². The number of hydrogen-bond acceptors (Lipinski definition) is 13. The lowest BCUT2D eigenvalue weighted by Crippen LogP contribution is -2.69. The standard InChI is InChI=1S/C34H48O13/c1-9-10-11-12-13-14-24(39)46-25-18(2)17-23-34(33(8,47-34)30(40)45-23)29(44-21(5)37)27-31(6,16-15-22(38)32(27,7)41)28(43-20(4)36)26(25)42-19(3)35/h15-17,22-23,25-29,38,41H,9-14H2,1-8H3/b18-17-/t22?,23?,25?,26?,27?,28?,29?,31-,32+,33-,34?/m0/s1. The van der Waals surface area contributed by atoms with E-state index in [1.807, 2.05) is 0 Å². The van der Waals surface area contributed by atoms with Gasteiger partial charge in [0.05, 0.1) is 5.60 Å². The van der Waals surface area contributed by atoms with Crippen LogP contribution in [0.5, 0.6) is 0 Å². The molecule has 1 spiro atoms. The Bertz CT molecular complexity index is 1330. The topological polar surface area (TPSA) is 184 Å². The summed E-state index contributed by atoms with van der Waals surface area (Å²) in [5.41, 5.74) is -6.81. The van der Waals surface area contributed by atoms with E-state index in [1.54, 1.807) is 13.8 Å². The molecule has 4 rings (SSSR count). The summed E-state index contributed by atoms with van der Waals surface area (Å²) in [5.74, 6) is -5.11. The maximum atomic E-state index is 13.3. The first-order valence-electron chi connectivity index (χ1n) is 16.3. The maximum Gasteiger partial charge on any atom is 0.342 e. The molecule has 2 heterocycles. The summed E-state index contributed by atoms with van der Waals surface area (Å²) in [6, 6.07) is 0. The van der Waals surface area contributed by atoms with E-state index in [4.69, 9.17) is 28.4 Å². The van der Waals surface area contributed by atoms with Crippen LogP contribution in [0, 0.1) is 11.3 Å². The van der Waals surface area contributed by atoms with Gasteiger partial charge in [-0.1, -0.05) is 51.7 Å². The molecule has 0 aromatic rings. The van der Waals surface area contributed by atoms with Gasteiger partial charge in [0, 0.05) is 38.5 Å². The Balaban J connectivity index is 1.98. The van der Waals surface area contributed by atoms with Crippen molar-refractivity contribution in [1.29, 1.82) is 0 Å². The highest BCUT2D eigenvalue weighted by Crippen LogP contribution is 2.65. The van der Waals surface area contributed by atoms with Crippen molar-refractivity contribution >= 4 is 29.8 Å². The van der Waals surface area contributed by atoms with Gasteiger partial charge in [-0.15, -0.1) is 0 Å². The zero-order valence-electron chi connectivity index (χ0n) is 28.4. The van der Waals surface area contributed by atoms with Crippen molar-refractivity contribution in [3.8, 4) is 0 Å². The first-order chi connectivity index (χ1) is 21.9. The first kappa shape index (κ1) is 36.5. The Labute approximate surface area is 274 Å². The smallest absolute Gasteiger partial charge is 0.342 e. The molecule has 0 amide bonds. The zero-order chi connectivity index (χ0) is 35.1. The van der Waals surface area contributed by atoms with Gasteiger partial charge < -0.3 is 38.6 Å². The van der Waals surface area contributed by atoms with E-state index in [2.05, 4.69) is 6.92 Å². The van der Waals surface area contributed by atoms with Gasteiger partial charge in [-0.3, -0.25) is 19.2 Å². The minimum atomic E-state index is -2.12. The van der Waals surface area contributed by atoms with Crippen LogP contribution in [0.3, 0.4) is 0 Å². The molecule has 0 radical (unpaired) electrons. The molecule has 0 aromatic heterocycles. The van der Waals surface area contributed by atoms with Crippen molar-refractivity contribution in [2.24, 2.45) is 11.3 Å². The monoisotopic (exact) mass is 664 g/mol. The molecule has 4 aliphatic rings. The van der Waals surface area contributed by atoms with Gasteiger partial charge in [0.15, 0.2) is 35.6 Å². The number of rotatable bonds is 10. The van der Waals surface area contributed by atoms with E-state index in [1.165, 1.54) is 32.1 Å². The lowest BCUT2D eigenvalue weighted by atomic mass is 9.55. The molecule has 2 aliphatic heterocycles. The van der Waals surface area contributed by atoms with E-state index in [-0.39, 0.29) is 12.0 Å². The summed E-state index contributed by atoms with van der Waals surface area (Å²) >= 11 is 0. The van der Waals surface area contributed by atoms with E-state index in [0.29, 0.717) is 6.42 Å². The van der Waals surface area contributed by atoms with Gasteiger partial charge in [0.25, 0.3) is 0 Å². The van der Waals surface area contributed by atoms with Crippen molar-refractivity contribution in [2.45, 2.75) is 147 Å². The largest absolute Gasteiger partial charge is 0.459 e. The lowest BCUT2D eigenvalue weighted by molar-refractivity contribution is -0.230. The molecule has 2 saturated heterocycles. The molecular weight excluding hydrogens is 616 g/mol. The van der Waals surface area contributed by atoms with Crippen LogP contribution in [0.25, 0.3) is 0 Å². The quantitative estimate of drug-likeness (QED) is 0.114. The molecule has 0 bridgehead atoms. The molecule has 47 heavy (non-hydrogen) atoms. The number of unbranched alkanes of at least 4 members (excludes halogenated alkanes) is 4. The molecule has 2 N–H and O–H groups in total. The number of carbonyl (C=O) groups excluding carboxylic acids is 5. The van der Waals surface area contributed by atoms with Crippen LogP contribution in [0.2, 0.25) is 0 Å². The fourth-order valence-electron chi connectivity index (χ4n) is 7.73. The zero-order valence-corrected chi connectivity index (χ0v) is 28.4. The Kier molecular flexibility index (Phi) is 10.4. The number of aliphatic hydroxyl groups excluding tert-OH is 1. The van der Waals surface area contributed by atoms with Gasteiger partial charge in [-0.2, -0.15) is 0 Å². The summed E-state index contributed by atoms with van der Waals surface area (Å²) in [5, 5.41) is 23.2. The predicted molar refractivity (Wildman–Crippen MR) is 163 cm³/mol. The molecule has 0 saturated carbocycles. The molecule has 2 aliphatic carbocycles. The fourth-order valence-corrected chi connectivity index (χ4v) is 7.73. The van der Waals surface area contributed by atoms with Crippen molar-refractivity contribution in [3.63, 3.8) is 0 Å². The first-order valence-corrected chi connectivity index (χ1v) is 16.3. The van der Waals surface area contributed by atoms with Crippen LogP contribution in [0.4, 0.5) is 0 Å². The van der Waals surface area contributed by atoms with E-state index in [0.717, 1.165) is 46.5 Å². The number of ether oxygens (including phenoxy) is 6. The van der Waals surface area contributed by atoms with E-state index in [9.17, 15) is 34.2 Å². The number of carbonyl (C=O) groups is 5. The van der Waals surface area contributed by atoms with E-state index >= 15 is 0 Å². The Hall–Kier alpha value is -3.29. The van der Waals surface area contributed by atoms with Crippen molar-refractivity contribution < 1.29 is 62.6 Å². The second-order valence-corrected chi connectivity index (χ2v) is 13.7. The molecule has 13 heteroatoms. The molecule has 11 atom stereocenters. The lowest BCUT2D eigenvalue weighted by Gasteiger charge is -2.55. The fraction of sp³-hybridized carbons (Fsp3) is 0.735. The number of fused-ring (bicyclic) bond motifs is 1. The predicted octanol–water partition coefficient (Wildman–Crippen LogP) is 2.77. The highest BCUT2D eigenvalue weighted by Gasteiger charge is 2.88. The highest BCUT2D eigenvalue weighted by atomic mass is 16.7. The van der Waals surface area contributed by atoms with Gasteiger partial charge in [0.1, 0.15) is 12.2 Å². The summed E-state index contributed by atoms with van der Waals surface area (Å²) in [7, 11) is 0. The normalized spacial score (nSPS) is 41.5. The molecule has 8 unspecified atom stereocenters. The molecular formula is C34H48O13. The maximum absolute atomic E-state index is 13.3. The number of aliphatic hydroxyl groups is 2. The minimum Gasteiger partial charge on any atom is -0.459 e. The highest BCUT2D eigenvalue weighted by molar-refractivity contribution is 5.89. The third kappa shape index (κ3) is 6.46. The number of hydrogen-bond donors (Lipinski definition) is 2. The number of epoxide rings is 1. The van der Waals surface area contributed by atoms with Crippen LogP contribution in [0.15, 0.2) is 23.8 Å². The van der Waals surface area contributed by atoms with Crippen LogP contribution >= 0.6 is 0 Å². The summed E-state index contributed by atoms with van der Waals surface area (Å²) in [4.78, 5) is 64.8. The van der Waals surface area contributed by atoms with Crippen LogP contribution < -0.4 is 0 Å². The molecule has 262 valence electrons. The second kappa shape index (κ2) is 13.3. The molecule has 0 aromatic carbocycles. The second-order valence-electron chi connectivity index (χ2n) is 13.7. The van der Waals surface area contributed by atoms with Crippen molar-refractivity contribution in [2.75, 3.05) is 0 Å². The van der Waals surface area contributed by atoms with Gasteiger partial charge in [-0.25, -0.2) is 4.79 Å². The summed E-state index contributed by atoms with van der Waals surface area (Å²) in [6.45, 7) is 11.5. The van der Waals surface area contributed by atoms with Crippen LogP contribution in [-0.2, 0) is 52.4 Å². The van der Waals surface area contributed by atoms with Crippen molar-refractivity contribution in [3.05, 3.63) is 23.8 Å². The molecule has 13 nitrogen and oxygen atoms in total. The van der Waals surface area contributed by atoms with Gasteiger partial charge in [-0.05, 0) is 38.8 Å². The summed E-state index contributed by atoms with van der Waals surface area (Å²) < 4.78 is 35.6. The third-order valence-electron chi connectivity index (χ3n) is 10.1. The van der Waals surface area contributed by atoms with Gasteiger partial charge >= 0.3 is 29.8 Å². The Morgan fingerprint density at radius 1 is 0.894 bits per heavy atom. The van der Waals surface area contributed by atoms with Gasteiger partial charge in [0.2, 0.25) is 0 Å². The molecule has 2 fully saturated rings. The third-order valence-corrected chi connectivity index (χ3v) is 10.1. The average molecular weight is 665 g/mol. The number of esters is 5. The average Bonchev–Trinajstić information content (AvgIpc) is 3.55. The van der Waals surface area contributed by atoms with E-state index < -0.39 is 94.6 Å².